The molecule has 0 N–H and O–H groups in total. The van der Waals surface area contributed by atoms with Crippen LogP contribution >= 0.6 is 35.0 Å². The molecule has 1 aliphatic heterocycles. The van der Waals surface area contributed by atoms with Crippen molar-refractivity contribution in [2.24, 2.45) is 0 Å². The molecular formula is C24H16Cl2N2O5S. The van der Waals surface area contributed by atoms with Gasteiger partial charge in [-0.1, -0.05) is 53.5 Å². The quantitative estimate of drug-likeness (QED) is 0.197. The number of nitro groups is 1. The van der Waals surface area contributed by atoms with Gasteiger partial charge in [0.05, 0.1) is 21.9 Å². The fourth-order valence-corrected chi connectivity index (χ4v) is 4.55. The topological polar surface area (TPSA) is 89.7 Å². The number of hydrogen-bond donors (Lipinski definition) is 0. The highest BCUT2D eigenvalue weighted by Gasteiger charge is 2.35. The Morgan fingerprint density at radius 2 is 1.74 bits per heavy atom. The number of rotatable bonds is 7. The van der Waals surface area contributed by atoms with Crippen LogP contribution < -0.4 is 4.74 Å². The molecule has 0 radical (unpaired) electrons. The van der Waals surface area contributed by atoms with Gasteiger partial charge in [-0.2, -0.15) is 0 Å². The van der Waals surface area contributed by atoms with E-state index in [9.17, 15) is 19.7 Å². The normalized spacial score (nSPS) is 14.6. The molecule has 1 fully saturated rings. The van der Waals surface area contributed by atoms with E-state index in [1.807, 2.05) is 0 Å². The molecule has 0 unspecified atom stereocenters. The first kappa shape index (κ1) is 23.8. The van der Waals surface area contributed by atoms with E-state index in [4.69, 9.17) is 27.9 Å². The Morgan fingerprint density at radius 1 is 1.00 bits per heavy atom. The molecule has 172 valence electrons. The average molecular weight is 515 g/mol. The number of amides is 2. The van der Waals surface area contributed by atoms with E-state index in [1.54, 1.807) is 66.7 Å². The van der Waals surface area contributed by atoms with Crippen molar-refractivity contribution in [1.29, 1.82) is 0 Å². The lowest BCUT2D eigenvalue weighted by atomic mass is 10.2. The van der Waals surface area contributed by atoms with E-state index >= 15 is 0 Å². The standard InChI is InChI=1S/C24H16Cl2N2O5S/c25-18-8-7-16(20(26)12-18)13-27-23(29)22(34-24(27)30)11-15-5-9-19(10-6-15)33-14-17-3-1-2-4-21(17)28(31)32/h1-12H,13-14H2/b22-11-. The molecule has 10 heteroatoms. The van der Waals surface area contributed by atoms with Crippen LogP contribution in [0.2, 0.25) is 10.0 Å². The molecule has 0 atom stereocenters. The Labute approximate surface area is 209 Å². The van der Waals surface area contributed by atoms with Crippen molar-refractivity contribution < 1.29 is 19.2 Å². The Kier molecular flexibility index (Phi) is 7.21. The van der Waals surface area contributed by atoms with Crippen LogP contribution in [0, 0.1) is 10.1 Å². The Morgan fingerprint density at radius 3 is 2.44 bits per heavy atom. The van der Waals surface area contributed by atoms with Crippen molar-refractivity contribution >= 4 is 57.9 Å². The summed E-state index contributed by atoms with van der Waals surface area (Å²) in [7, 11) is 0. The van der Waals surface area contributed by atoms with E-state index in [2.05, 4.69) is 0 Å². The van der Waals surface area contributed by atoms with Gasteiger partial charge >= 0.3 is 0 Å². The highest BCUT2D eigenvalue weighted by atomic mass is 35.5. The molecule has 1 heterocycles. The van der Waals surface area contributed by atoms with E-state index in [0.29, 0.717) is 37.4 Å². The Balaban J connectivity index is 1.43. The average Bonchev–Trinajstić information content (AvgIpc) is 3.07. The van der Waals surface area contributed by atoms with Gasteiger partial charge in [0.15, 0.2) is 0 Å². The van der Waals surface area contributed by atoms with Crippen LogP contribution in [0.15, 0.2) is 71.6 Å². The summed E-state index contributed by atoms with van der Waals surface area (Å²) in [5, 5.41) is 11.6. The molecular weight excluding hydrogens is 499 g/mol. The molecule has 2 amide bonds. The Hall–Kier alpha value is -3.33. The van der Waals surface area contributed by atoms with Gasteiger partial charge in [-0.15, -0.1) is 0 Å². The van der Waals surface area contributed by atoms with Crippen molar-refractivity contribution in [3.05, 3.63) is 108 Å². The predicted octanol–water partition coefficient (Wildman–Crippen LogP) is 6.72. The zero-order valence-corrected chi connectivity index (χ0v) is 19.8. The molecule has 0 aliphatic carbocycles. The second-order valence-corrected chi connectivity index (χ2v) is 9.08. The molecule has 3 aromatic rings. The number of halogens is 2. The molecule has 0 spiro atoms. The fraction of sp³-hybridized carbons (Fsp3) is 0.0833. The third kappa shape index (κ3) is 5.41. The largest absolute Gasteiger partial charge is 0.489 e. The highest BCUT2D eigenvalue weighted by Crippen LogP contribution is 2.34. The van der Waals surface area contributed by atoms with Gasteiger partial charge in [0.1, 0.15) is 12.4 Å². The summed E-state index contributed by atoms with van der Waals surface area (Å²) >= 11 is 12.9. The number of benzene rings is 3. The lowest BCUT2D eigenvalue weighted by Crippen LogP contribution is -2.27. The first-order valence-electron chi connectivity index (χ1n) is 9.96. The summed E-state index contributed by atoms with van der Waals surface area (Å²) in [4.78, 5) is 37.3. The van der Waals surface area contributed by atoms with Crippen LogP contribution in [0.3, 0.4) is 0 Å². The minimum Gasteiger partial charge on any atom is -0.489 e. The maximum absolute atomic E-state index is 12.8. The summed E-state index contributed by atoms with van der Waals surface area (Å²) in [6.07, 6.45) is 1.63. The van der Waals surface area contributed by atoms with Gasteiger partial charge in [-0.25, -0.2) is 0 Å². The number of carbonyl (C=O) groups excluding carboxylic acids is 2. The van der Waals surface area contributed by atoms with Crippen molar-refractivity contribution in [3.8, 4) is 5.75 Å². The first-order valence-corrected chi connectivity index (χ1v) is 11.5. The van der Waals surface area contributed by atoms with Gasteiger partial charge in [0.25, 0.3) is 16.8 Å². The molecule has 34 heavy (non-hydrogen) atoms. The van der Waals surface area contributed by atoms with Gasteiger partial charge in [0.2, 0.25) is 0 Å². The molecule has 0 saturated carbocycles. The molecule has 1 saturated heterocycles. The molecule has 4 rings (SSSR count). The lowest BCUT2D eigenvalue weighted by Gasteiger charge is -2.13. The van der Waals surface area contributed by atoms with E-state index < -0.39 is 10.8 Å². The summed E-state index contributed by atoms with van der Waals surface area (Å²) in [5.41, 5.74) is 1.78. The third-order valence-electron chi connectivity index (χ3n) is 4.98. The second-order valence-electron chi connectivity index (χ2n) is 7.25. The molecule has 3 aromatic carbocycles. The number of para-hydroxylation sites is 1. The summed E-state index contributed by atoms with van der Waals surface area (Å²) in [5.74, 6) is 0.110. The highest BCUT2D eigenvalue weighted by molar-refractivity contribution is 8.18. The van der Waals surface area contributed by atoms with E-state index in [-0.39, 0.29) is 24.1 Å². The molecule has 0 bridgehead atoms. The third-order valence-corrected chi connectivity index (χ3v) is 6.47. The molecule has 1 aliphatic rings. The fourth-order valence-electron chi connectivity index (χ4n) is 3.24. The van der Waals surface area contributed by atoms with Crippen LogP contribution in [0.25, 0.3) is 6.08 Å². The van der Waals surface area contributed by atoms with Gasteiger partial charge in [-0.3, -0.25) is 24.6 Å². The lowest BCUT2D eigenvalue weighted by molar-refractivity contribution is -0.385. The van der Waals surface area contributed by atoms with Crippen LogP contribution in [-0.4, -0.2) is 21.0 Å². The van der Waals surface area contributed by atoms with Crippen LogP contribution in [0.1, 0.15) is 16.7 Å². The summed E-state index contributed by atoms with van der Waals surface area (Å²) in [6.45, 7) is 0.0963. The SMILES string of the molecule is O=C1S/C(=C\c2ccc(OCc3ccccc3[N+](=O)[O-])cc2)C(=O)N1Cc1ccc(Cl)cc1Cl. The second kappa shape index (κ2) is 10.3. The minimum absolute atomic E-state index is 0.00488. The Bertz CT molecular complexity index is 1310. The van der Waals surface area contributed by atoms with Gasteiger partial charge < -0.3 is 4.74 Å². The predicted molar refractivity (Wildman–Crippen MR) is 132 cm³/mol. The molecule has 0 aromatic heterocycles. The molecule has 7 nitrogen and oxygen atoms in total. The maximum Gasteiger partial charge on any atom is 0.293 e. The van der Waals surface area contributed by atoms with Crippen LogP contribution in [0.5, 0.6) is 5.75 Å². The zero-order valence-electron chi connectivity index (χ0n) is 17.4. The monoisotopic (exact) mass is 514 g/mol. The van der Waals surface area contributed by atoms with Crippen molar-refractivity contribution in [2.45, 2.75) is 13.2 Å². The van der Waals surface area contributed by atoms with Crippen molar-refractivity contribution in [2.75, 3.05) is 0 Å². The maximum atomic E-state index is 12.8. The van der Waals surface area contributed by atoms with Crippen LogP contribution in [-0.2, 0) is 17.9 Å². The zero-order chi connectivity index (χ0) is 24.2. The number of ether oxygens (including phenoxy) is 1. The number of nitro benzene ring substituents is 1. The minimum atomic E-state index is -0.449. The number of imide groups is 1. The number of thioether (sulfide) groups is 1. The van der Waals surface area contributed by atoms with Gasteiger partial charge in [-0.05, 0) is 59.3 Å². The smallest absolute Gasteiger partial charge is 0.293 e. The van der Waals surface area contributed by atoms with E-state index in [0.717, 1.165) is 16.7 Å². The van der Waals surface area contributed by atoms with Crippen molar-refractivity contribution in [1.82, 2.24) is 4.90 Å². The summed E-state index contributed by atoms with van der Waals surface area (Å²) < 4.78 is 5.67. The number of hydrogen-bond acceptors (Lipinski definition) is 6. The van der Waals surface area contributed by atoms with Crippen molar-refractivity contribution in [3.63, 3.8) is 0 Å². The van der Waals surface area contributed by atoms with E-state index in [1.165, 1.54) is 6.07 Å². The number of carbonyl (C=O) groups is 2. The van der Waals surface area contributed by atoms with Crippen LogP contribution in [0.4, 0.5) is 10.5 Å². The summed E-state index contributed by atoms with van der Waals surface area (Å²) in [6, 6.07) is 18.1. The van der Waals surface area contributed by atoms with Gasteiger partial charge in [0, 0.05) is 16.1 Å². The number of nitrogens with zero attached hydrogens (tertiary/aromatic N) is 2. The first-order chi connectivity index (χ1) is 16.3.